The van der Waals surface area contributed by atoms with Crippen LogP contribution in [0, 0.1) is 10.1 Å². The number of hydrogen-bond acceptors (Lipinski definition) is 4. The lowest BCUT2D eigenvalue weighted by Crippen LogP contribution is -2.09. The van der Waals surface area contributed by atoms with E-state index >= 15 is 0 Å². The Labute approximate surface area is 103 Å². The summed E-state index contributed by atoms with van der Waals surface area (Å²) >= 11 is 5.75. The summed E-state index contributed by atoms with van der Waals surface area (Å²) in [4.78, 5) is 20.7. The first-order valence-electron chi connectivity index (χ1n) is 4.73. The van der Waals surface area contributed by atoms with E-state index in [1.54, 1.807) is 24.3 Å². The molecule has 17 heavy (non-hydrogen) atoms. The fourth-order valence-corrected chi connectivity index (χ4v) is 1.31. The quantitative estimate of drug-likeness (QED) is 0.471. The van der Waals surface area contributed by atoms with Crippen LogP contribution in [-0.4, -0.2) is 17.5 Å². The van der Waals surface area contributed by atoms with Crippen molar-refractivity contribution in [1.82, 2.24) is 0 Å². The Morgan fingerprint density at radius 2 is 2.29 bits per heavy atom. The summed E-state index contributed by atoms with van der Waals surface area (Å²) in [7, 11) is 0. The van der Waals surface area contributed by atoms with Gasteiger partial charge >= 0.3 is 5.97 Å². The predicted molar refractivity (Wildman–Crippen MR) is 63.1 cm³/mol. The van der Waals surface area contributed by atoms with Crippen LogP contribution in [0.15, 0.2) is 30.0 Å². The number of nitrogens with zero attached hydrogens (tertiary/aromatic N) is 1. The van der Waals surface area contributed by atoms with Gasteiger partial charge in [-0.1, -0.05) is 23.7 Å². The Bertz CT molecular complexity index is 470. The molecule has 0 heterocycles. The smallest absolute Gasteiger partial charge is 0.303 e. The van der Waals surface area contributed by atoms with E-state index in [-0.39, 0.29) is 12.3 Å². The summed E-state index contributed by atoms with van der Waals surface area (Å²) < 4.78 is 4.59. The molecule has 1 rings (SSSR count). The Hall–Kier alpha value is -1.88. The number of halogens is 1. The summed E-state index contributed by atoms with van der Waals surface area (Å²) in [5, 5.41) is 11.2. The zero-order valence-corrected chi connectivity index (χ0v) is 9.81. The number of carbonyl (C=O) groups is 1. The molecular weight excluding hydrogens is 246 g/mol. The number of ether oxygens (including phenoxy) is 1. The van der Waals surface area contributed by atoms with Gasteiger partial charge in [-0.3, -0.25) is 14.9 Å². The molecule has 90 valence electrons. The molecule has 0 aliphatic rings. The first kappa shape index (κ1) is 13.2. The second kappa shape index (κ2) is 6.00. The van der Waals surface area contributed by atoms with Crippen molar-refractivity contribution in [2.75, 3.05) is 6.61 Å². The lowest BCUT2D eigenvalue weighted by Gasteiger charge is -2.00. The van der Waals surface area contributed by atoms with Crippen LogP contribution in [0.2, 0.25) is 5.02 Å². The molecule has 0 aromatic heterocycles. The Morgan fingerprint density at radius 3 is 2.82 bits per heavy atom. The van der Waals surface area contributed by atoms with Crippen LogP contribution in [0.4, 0.5) is 0 Å². The van der Waals surface area contributed by atoms with Gasteiger partial charge < -0.3 is 4.74 Å². The molecule has 5 nitrogen and oxygen atoms in total. The summed E-state index contributed by atoms with van der Waals surface area (Å²) in [6.07, 6.45) is 1.31. The SMILES string of the molecule is CC(=O)OC/C(=C/c1cccc(Cl)c1)[N+](=O)[O-]. The van der Waals surface area contributed by atoms with Crippen LogP contribution in [-0.2, 0) is 9.53 Å². The minimum atomic E-state index is -0.593. The largest absolute Gasteiger partial charge is 0.454 e. The van der Waals surface area contributed by atoms with Crippen LogP contribution in [0.25, 0.3) is 6.08 Å². The third kappa shape index (κ3) is 4.65. The minimum Gasteiger partial charge on any atom is -0.454 e. The van der Waals surface area contributed by atoms with Crippen LogP contribution < -0.4 is 0 Å². The predicted octanol–water partition coefficient (Wildman–Crippen LogP) is 2.52. The standard InChI is InChI=1S/C11H10ClNO4/c1-8(14)17-7-11(13(15)16)6-9-3-2-4-10(12)5-9/h2-6H,7H2,1H3/b11-6-. The third-order valence-electron chi connectivity index (χ3n) is 1.84. The molecule has 0 fully saturated rings. The van der Waals surface area contributed by atoms with E-state index in [4.69, 9.17) is 11.6 Å². The fourth-order valence-electron chi connectivity index (χ4n) is 1.11. The molecule has 0 spiro atoms. The molecule has 0 unspecified atom stereocenters. The van der Waals surface area contributed by atoms with Gasteiger partial charge in [0.15, 0.2) is 6.61 Å². The Balaban J connectivity index is 2.90. The van der Waals surface area contributed by atoms with E-state index in [0.29, 0.717) is 10.6 Å². The number of nitro groups is 1. The van der Waals surface area contributed by atoms with E-state index in [2.05, 4.69) is 4.74 Å². The summed E-state index contributed by atoms with van der Waals surface area (Å²) in [5.41, 5.74) is 0.374. The zero-order valence-electron chi connectivity index (χ0n) is 9.05. The lowest BCUT2D eigenvalue weighted by molar-refractivity contribution is -0.428. The number of carbonyl (C=O) groups excluding carboxylic acids is 1. The summed E-state index contributed by atoms with van der Waals surface area (Å²) in [6, 6.07) is 6.59. The third-order valence-corrected chi connectivity index (χ3v) is 2.07. The van der Waals surface area contributed by atoms with E-state index in [1.165, 1.54) is 13.0 Å². The molecule has 1 aromatic rings. The molecule has 1 aromatic carbocycles. The number of hydrogen-bond donors (Lipinski definition) is 0. The molecule has 0 radical (unpaired) electrons. The normalized spacial score (nSPS) is 11.1. The van der Waals surface area contributed by atoms with Gasteiger partial charge in [0, 0.05) is 18.0 Å². The molecule has 0 saturated heterocycles. The van der Waals surface area contributed by atoms with Crippen molar-refractivity contribution in [3.63, 3.8) is 0 Å². The van der Waals surface area contributed by atoms with Gasteiger partial charge in [-0.25, -0.2) is 0 Å². The highest BCUT2D eigenvalue weighted by atomic mass is 35.5. The fraction of sp³-hybridized carbons (Fsp3) is 0.182. The molecule has 6 heteroatoms. The first-order chi connectivity index (χ1) is 7.99. The van der Waals surface area contributed by atoms with Gasteiger partial charge in [0.1, 0.15) is 0 Å². The van der Waals surface area contributed by atoms with Crippen molar-refractivity contribution >= 4 is 23.6 Å². The minimum absolute atomic E-state index is 0.206. The van der Waals surface area contributed by atoms with Gasteiger partial charge in [0.05, 0.1) is 4.92 Å². The maximum absolute atomic E-state index is 10.7. The second-order valence-electron chi connectivity index (χ2n) is 3.23. The van der Waals surface area contributed by atoms with Crippen LogP contribution >= 0.6 is 11.6 Å². The Morgan fingerprint density at radius 1 is 1.59 bits per heavy atom. The van der Waals surface area contributed by atoms with Gasteiger partial charge in [-0.05, 0) is 17.7 Å². The summed E-state index contributed by atoms with van der Waals surface area (Å²) in [6.45, 7) is 0.825. The average molecular weight is 256 g/mol. The second-order valence-corrected chi connectivity index (χ2v) is 3.66. The van der Waals surface area contributed by atoms with Crippen molar-refractivity contribution in [2.45, 2.75) is 6.92 Å². The highest BCUT2D eigenvalue weighted by Crippen LogP contribution is 2.14. The topological polar surface area (TPSA) is 69.4 Å². The van der Waals surface area contributed by atoms with Gasteiger partial charge in [0.2, 0.25) is 0 Å². The van der Waals surface area contributed by atoms with Gasteiger partial charge in [-0.15, -0.1) is 0 Å². The monoisotopic (exact) mass is 255 g/mol. The average Bonchev–Trinajstić information content (AvgIpc) is 2.23. The first-order valence-corrected chi connectivity index (χ1v) is 5.10. The van der Waals surface area contributed by atoms with Crippen molar-refractivity contribution < 1.29 is 14.5 Å². The highest BCUT2D eigenvalue weighted by Gasteiger charge is 2.12. The highest BCUT2D eigenvalue weighted by molar-refractivity contribution is 6.30. The molecule has 0 amide bonds. The van der Waals surface area contributed by atoms with E-state index in [9.17, 15) is 14.9 Å². The van der Waals surface area contributed by atoms with Gasteiger partial charge in [-0.2, -0.15) is 0 Å². The van der Waals surface area contributed by atoms with Gasteiger partial charge in [0.25, 0.3) is 5.70 Å². The van der Waals surface area contributed by atoms with Crippen molar-refractivity contribution in [2.24, 2.45) is 0 Å². The number of benzene rings is 1. The zero-order chi connectivity index (χ0) is 12.8. The molecule has 0 N–H and O–H groups in total. The molecule has 0 aliphatic carbocycles. The molecule has 0 saturated carbocycles. The number of esters is 1. The number of rotatable bonds is 4. The maximum Gasteiger partial charge on any atom is 0.303 e. The van der Waals surface area contributed by atoms with Crippen LogP contribution in [0.3, 0.4) is 0 Å². The maximum atomic E-state index is 10.7. The van der Waals surface area contributed by atoms with E-state index in [1.807, 2.05) is 0 Å². The Kier molecular flexibility index (Phi) is 4.66. The molecule has 0 aliphatic heterocycles. The van der Waals surface area contributed by atoms with Crippen molar-refractivity contribution in [1.29, 1.82) is 0 Å². The van der Waals surface area contributed by atoms with Crippen molar-refractivity contribution in [3.05, 3.63) is 50.7 Å². The van der Waals surface area contributed by atoms with Crippen LogP contribution in [0.1, 0.15) is 12.5 Å². The van der Waals surface area contributed by atoms with E-state index in [0.717, 1.165) is 0 Å². The lowest BCUT2D eigenvalue weighted by atomic mass is 10.2. The molecular formula is C11H10ClNO4. The van der Waals surface area contributed by atoms with E-state index < -0.39 is 10.9 Å². The van der Waals surface area contributed by atoms with Crippen molar-refractivity contribution in [3.8, 4) is 0 Å². The molecule has 0 atom stereocenters. The van der Waals surface area contributed by atoms with Crippen LogP contribution in [0.5, 0.6) is 0 Å². The molecule has 0 bridgehead atoms. The summed E-state index contributed by atoms with van der Waals surface area (Å²) in [5.74, 6) is -0.566.